The molecule has 6 heteroatoms. The van der Waals surface area contributed by atoms with Crippen LogP contribution in [0.3, 0.4) is 0 Å². The number of aliphatic hydroxyl groups is 3. The van der Waals surface area contributed by atoms with Gasteiger partial charge in [0.2, 0.25) is 0 Å². The Hall–Kier alpha value is -0.196. The number of carboxylic acid groups (broad SMARTS) is 1. The van der Waals surface area contributed by atoms with Crippen molar-refractivity contribution in [2.75, 3.05) is 19.8 Å². The average Bonchev–Trinajstić information content (AvgIpc) is 2.43. The maximum absolute atomic E-state index is 9.49. The predicted octanol–water partition coefficient (Wildman–Crippen LogP) is 1.65. The molecule has 0 radical (unpaired) electrons. The van der Waals surface area contributed by atoms with E-state index in [1.54, 1.807) is 0 Å². The molecule has 0 aromatic rings. The Morgan fingerprint density at radius 3 is 1.05 bits per heavy atom. The molecule has 0 fully saturated rings. The fourth-order valence-corrected chi connectivity index (χ4v) is 0.474. The number of aliphatic hydroxyl groups excluding tert-OH is 3. The Morgan fingerprint density at radius 1 is 0.864 bits per heavy atom. The number of carbonyl (C=O) groups is 1. The first-order valence-electron chi connectivity index (χ1n) is 7.58. The molecule has 0 aliphatic heterocycles. The first kappa shape index (κ1) is 33.4. The van der Waals surface area contributed by atoms with E-state index in [2.05, 4.69) is 27.4 Å². The van der Waals surface area contributed by atoms with Gasteiger partial charge in [0.25, 0.3) is 0 Å². The Balaban J connectivity index is -0.0000000577. The fraction of sp³-hybridized carbons (Fsp3) is 0.812. The van der Waals surface area contributed by atoms with Gasteiger partial charge in [-0.1, -0.05) is 46.6 Å². The summed E-state index contributed by atoms with van der Waals surface area (Å²) in [6.45, 7) is 11.7. The van der Waals surface area contributed by atoms with Crippen molar-refractivity contribution in [2.45, 2.75) is 66.2 Å². The standard InChI is InChI=1S/C4H6O2.3C4H10O.Ti/c1-3(2)4(5)6;3*1-2-3-4-5;/h1H2,2H3,(H,5,6);3*5H,2-4H2,1H3;/p-1. The molecule has 22 heavy (non-hydrogen) atoms. The van der Waals surface area contributed by atoms with Crippen molar-refractivity contribution in [1.82, 2.24) is 0 Å². The minimum atomic E-state index is -1.19. The SMILES string of the molecule is C=C(C)C(=O)[O-].CCCCO.CCCCO.CCCCO.[Ti]. The summed E-state index contributed by atoms with van der Waals surface area (Å²) in [4.78, 5) is 9.49. The molecule has 134 valence electrons. The molecule has 0 aliphatic rings. The molecule has 0 rings (SSSR count). The Morgan fingerprint density at radius 2 is 1.05 bits per heavy atom. The van der Waals surface area contributed by atoms with E-state index in [0.29, 0.717) is 19.8 Å². The van der Waals surface area contributed by atoms with Gasteiger partial charge in [0.1, 0.15) is 0 Å². The van der Waals surface area contributed by atoms with E-state index >= 15 is 0 Å². The molecule has 0 spiro atoms. The second kappa shape index (κ2) is 37.2. The monoisotopic (exact) mass is 355 g/mol. The van der Waals surface area contributed by atoms with E-state index in [1.807, 2.05) is 0 Å². The molecular formula is C16H35O5Ti-. The van der Waals surface area contributed by atoms with Crippen LogP contribution in [0.15, 0.2) is 12.2 Å². The van der Waals surface area contributed by atoms with Crippen LogP contribution in [0.1, 0.15) is 66.2 Å². The van der Waals surface area contributed by atoms with Gasteiger partial charge in [0, 0.05) is 41.5 Å². The van der Waals surface area contributed by atoms with Crippen LogP contribution in [0.5, 0.6) is 0 Å². The van der Waals surface area contributed by atoms with Crippen molar-refractivity contribution < 1.29 is 46.9 Å². The molecule has 0 saturated carbocycles. The summed E-state index contributed by atoms with van der Waals surface area (Å²) in [5.74, 6) is -1.19. The third kappa shape index (κ3) is 72.9. The predicted molar refractivity (Wildman–Crippen MR) is 85.8 cm³/mol. The quantitative estimate of drug-likeness (QED) is 0.476. The number of carbonyl (C=O) groups excluding carboxylic acids is 1. The van der Waals surface area contributed by atoms with E-state index in [1.165, 1.54) is 6.92 Å². The van der Waals surface area contributed by atoms with Crippen molar-refractivity contribution in [3.05, 3.63) is 12.2 Å². The molecule has 0 atom stereocenters. The van der Waals surface area contributed by atoms with E-state index in [9.17, 15) is 9.90 Å². The maximum Gasteiger partial charge on any atom is 0.0666 e. The summed E-state index contributed by atoms with van der Waals surface area (Å²) < 4.78 is 0. The summed E-state index contributed by atoms with van der Waals surface area (Å²) >= 11 is 0. The first-order chi connectivity index (χ1) is 9.89. The molecule has 0 aliphatic carbocycles. The van der Waals surface area contributed by atoms with Crippen molar-refractivity contribution in [3.63, 3.8) is 0 Å². The summed E-state index contributed by atoms with van der Waals surface area (Å²) in [6, 6.07) is 0. The van der Waals surface area contributed by atoms with Crippen LogP contribution in [0, 0.1) is 0 Å². The van der Waals surface area contributed by atoms with Gasteiger partial charge in [-0.3, -0.25) is 0 Å². The van der Waals surface area contributed by atoms with E-state index in [-0.39, 0.29) is 27.3 Å². The van der Waals surface area contributed by atoms with Gasteiger partial charge in [-0.25, -0.2) is 0 Å². The number of hydrogen-bond donors (Lipinski definition) is 3. The van der Waals surface area contributed by atoms with Crippen molar-refractivity contribution in [2.24, 2.45) is 0 Å². The number of hydrogen-bond acceptors (Lipinski definition) is 5. The Labute approximate surface area is 151 Å². The zero-order valence-electron chi connectivity index (χ0n) is 14.7. The third-order valence-corrected chi connectivity index (χ3v) is 1.88. The van der Waals surface area contributed by atoms with Crippen molar-refractivity contribution in [1.29, 1.82) is 0 Å². The van der Waals surface area contributed by atoms with Gasteiger partial charge < -0.3 is 25.2 Å². The topological polar surface area (TPSA) is 101 Å². The molecule has 0 saturated heterocycles. The number of unbranched alkanes of at least 4 members (excludes halogenated alkanes) is 3. The smallest absolute Gasteiger partial charge is 0.0666 e. The number of aliphatic carboxylic acids is 1. The van der Waals surface area contributed by atoms with Crippen LogP contribution in [0.4, 0.5) is 0 Å². The minimum absolute atomic E-state index is 0. The molecular weight excluding hydrogens is 320 g/mol. The summed E-state index contributed by atoms with van der Waals surface area (Å²) in [7, 11) is 0. The van der Waals surface area contributed by atoms with Crippen LogP contribution in [0.25, 0.3) is 0 Å². The van der Waals surface area contributed by atoms with Gasteiger partial charge in [-0.2, -0.15) is 0 Å². The maximum atomic E-state index is 9.49. The third-order valence-electron chi connectivity index (χ3n) is 1.88. The Bertz CT molecular complexity index is 167. The van der Waals surface area contributed by atoms with E-state index < -0.39 is 5.97 Å². The molecule has 0 bridgehead atoms. The van der Waals surface area contributed by atoms with Crippen molar-refractivity contribution >= 4 is 5.97 Å². The summed E-state index contributed by atoms with van der Waals surface area (Å²) in [6.07, 6.45) is 6.11. The molecule has 0 aromatic heterocycles. The van der Waals surface area contributed by atoms with Crippen LogP contribution in [0.2, 0.25) is 0 Å². The minimum Gasteiger partial charge on any atom is -0.545 e. The van der Waals surface area contributed by atoms with Crippen LogP contribution < -0.4 is 5.11 Å². The van der Waals surface area contributed by atoms with E-state index in [4.69, 9.17) is 15.3 Å². The Kier molecular flexibility index (Phi) is 56.6. The summed E-state index contributed by atoms with van der Waals surface area (Å²) in [5, 5.41) is 33.7. The fourth-order valence-electron chi connectivity index (χ4n) is 0.474. The van der Waals surface area contributed by atoms with Gasteiger partial charge in [0.05, 0.1) is 5.97 Å². The molecule has 3 N–H and O–H groups in total. The summed E-state index contributed by atoms with van der Waals surface area (Å²) in [5.41, 5.74) is 0.0648. The van der Waals surface area contributed by atoms with Crippen LogP contribution in [-0.2, 0) is 26.5 Å². The zero-order valence-corrected chi connectivity index (χ0v) is 16.3. The molecule has 0 aromatic carbocycles. The molecule has 0 heterocycles. The largest absolute Gasteiger partial charge is 0.545 e. The number of rotatable bonds is 7. The van der Waals surface area contributed by atoms with E-state index in [0.717, 1.165) is 38.5 Å². The first-order valence-corrected chi connectivity index (χ1v) is 7.58. The van der Waals surface area contributed by atoms with Crippen LogP contribution >= 0.6 is 0 Å². The zero-order chi connectivity index (χ0) is 17.5. The second-order valence-corrected chi connectivity index (χ2v) is 4.30. The molecule has 5 nitrogen and oxygen atoms in total. The number of carboxylic acids is 1. The average molecular weight is 355 g/mol. The van der Waals surface area contributed by atoms with Crippen molar-refractivity contribution in [3.8, 4) is 0 Å². The molecule has 0 amide bonds. The van der Waals surface area contributed by atoms with Gasteiger partial charge in [0.15, 0.2) is 0 Å². The van der Waals surface area contributed by atoms with Gasteiger partial charge in [-0.05, 0) is 31.8 Å². The molecule has 0 unspecified atom stereocenters. The second-order valence-electron chi connectivity index (χ2n) is 4.30. The van der Waals surface area contributed by atoms with Gasteiger partial charge >= 0.3 is 0 Å². The van der Waals surface area contributed by atoms with Crippen LogP contribution in [-0.4, -0.2) is 41.1 Å². The van der Waals surface area contributed by atoms with Gasteiger partial charge in [-0.15, -0.1) is 0 Å². The normalized spacial score (nSPS) is 7.77.